The molecule has 3 rings (SSSR count). The summed E-state index contributed by atoms with van der Waals surface area (Å²) in [5, 5.41) is 3.87. The Hall–Kier alpha value is -1.46. The number of amides is 1. The minimum absolute atomic E-state index is 0.0152. The second-order valence-electron chi connectivity index (χ2n) is 7.91. The number of carbonyl (C=O) groups excluding carboxylic acids is 1. The largest absolute Gasteiger partial charge is 0.493 e. The van der Waals surface area contributed by atoms with Crippen LogP contribution in [0.1, 0.15) is 43.5 Å². The van der Waals surface area contributed by atoms with Crippen LogP contribution in [0.4, 0.5) is 0 Å². The number of nitrogens with one attached hydrogen (secondary N) is 1. The fraction of sp³-hybridized carbons (Fsp3) is 0.650. The third-order valence-corrected chi connectivity index (χ3v) is 5.76. The highest BCUT2D eigenvalue weighted by Gasteiger charge is 2.38. The molecule has 0 atom stereocenters. The Bertz CT molecular complexity index is 647. The lowest BCUT2D eigenvalue weighted by atomic mass is 9.78. The van der Waals surface area contributed by atoms with Gasteiger partial charge in [-0.3, -0.25) is 4.79 Å². The summed E-state index contributed by atoms with van der Waals surface area (Å²) in [6, 6.07) is 3.44. The molecule has 0 aliphatic carbocycles. The Balaban J connectivity index is 1.72. The van der Waals surface area contributed by atoms with E-state index in [1.807, 2.05) is 4.90 Å². The number of carbonyl (C=O) groups is 1. The van der Waals surface area contributed by atoms with Gasteiger partial charge in [-0.25, -0.2) is 0 Å². The SMILES string of the molecule is COc1cc(C(=O)N2CCC3(CCNC3)CC2)cc(Cl)c1OCC(C)C. The molecule has 6 heteroatoms. The molecule has 1 N–H and O–H groups in total. The van der Waals surface area contributed by atoms with Crippen molar-refractivity contribution in [2.45, 2.75) is 33.1 Å². The second-order valence-corrected chi connectivity index (χ2v) is 8.32. The molecule has 2 fully saturated rings. The summed E-state index contributed by atoms with van der Waals surface area (Å²) in [7, 11) is 1.57. The molecule has 2 aliphatic heterocycles. The first-order valence-corrected chi connectivity index (χ1v) is 9.82. The van der Waals surface area contributed by atoms with E-state index < -0.39 is 0 Å². The molecule has 0 bridgehead atoms. The highest BCUT2D eigenvalue weighted by atomic mass is 35.5. The molecule has 2 heterocycles. The van der Waals surface area contributed by atoms with Crippen molar-refractivity contribution in [1.29, 1.82) is 0 Å². The molecule has 2 aliphatic rings. The number of nitrogens with zero attached hydrogens (tertiary/aromatic N) is 1. The number of halogens is 1. The molecule has 5 nitrogen and oxygen atoms in total. The molecule has 26 heavy (non-hydrogen) atoms. The maximum absolute atomic E-state index is 13.0. The molecule has 1 aromatic carbocycles. The van der Waals surface area contributed by atoms with Crippen LogP contribution in [0.25, 0.3) is 0 Å². The summed E-state index contributed by atoms with van der Waals surface area (Å²) < 4.78 is 11.2. The number of ether oxygens (including phenoxy) is 2. The molecule has 0 unspecified atom stereocenters. The van der Waals surface area contributed by atoms with Gasteiger partial charge in [0, 0.05) is 25.2 Å². The normalized spacial score (nSPS) is 19.2. The number of methoxy groups -OCH3 is 1. The lowest BCUT2D eigenvalue weighted by molar-refractivity contribution is 0.0607. The van der Waals surface area contributed by atoms with Gasteiger partial charge in [-0.2, -0.15) is 0 Å². The number of hydrogen-bond donors (Lipinski definition) is 1. The zero-order chi connectivity index (χ0) is 18.7. The minimum atomic E-state index is 0.0152. The molecule has 0 radical (unpaired) electrons. The van der Waals surface area contributed by atoms with E-state index in [1.165, 1.54) is 6.42 Å². The van der Waals surface area contributed by atoms with Crippen molar-refractivity contribution in [3.63, 3.8) is 0 Å². The second kappa shape index (κ2) is 8.05. The van der Waals surface area contributed by atoms with Crippen molar-refractivity contribution in [1.82, 2.24) is 10.2 Å². The lowest BCUT2D eigenvalue weighted by Crippen LogP contribution is -2.44. The quantitative estimate of drug-likeness (QED) is 0.847. The smallest absolute Gasteiger partial charge is 0.254 e. The van der Waals surface area contributed by atoms with Crippen molar-refractivity contribution in [3.8, 4) is 11.5 Å². The van der Waals surface area contributed by atoms with E-state index in [1.54, 1.807) is 19.2 Å². The van der Waals surface area contributed by atoms with Gasteiger partial charge in [0.2, 0.25) is 0 Å². The van der Waals surface area contributed by atoms with Gasteiger partial charge >= 0.3 is 0 Å². The molecule has 1 spiro atoms. The van der Waals surface area contributed by atoms with Gasteiger partial charge in [-0.05, 0) is 49.3 Å². The van der Waals surface area contributed by atoms with E-state index in [-0.39, 0.29) is 5.91 Å². The van der Waals surface area contributed by atoms with Gasteiger partial charge in [-0.15, -0.1) is 0 Å². The molecule has 144 valence electrons. The monoisotopic (exact) mass is 380 g/mol. The maximum atomic E-state index is 13.0. The van der Waals surface area contributed by atoms with Crippen LogP contribution in [0, 0.1) is 11.3 Å². The van der Waals surface area contributed by atoms with E-state index in [9.17, 15) is 4.79 Å². The summed E-state index contributed by atoms with van der Waals surface area (Å²) >= 11 is 6.39. The van der Waals surface area contributed by atoms with Gasteiger partial charge in [0.1, 0.15) is 0 Å². The zero-order valence-corrected chi connectivity index (χ0v) is 16.7. The van der Waals surface area contributed by atoms with E-state index in [0.717, 1.165) is 39.0 Å². The Morgan fingerprint density at radius 2 is 2.04 bits per heavy atom. The maximum Gasteiger partial charge on any atom is 0.254 e. The number of benzene rings is 1. The third kappa shape index (κ3) is 4.09. The predicted octanol–water partition coefficient (Wildman–Crippen LogP) is 3.60. The molecular formula is C20H29ClN2O3. The average molecular weight is 381 g/mol. The Morgan fingerprint density at radius 1 is 1.31 bits per heavy atom. The van der Waals surface area contributed by atoms with Crippen molar-refractivity contribution in [2.75, 3.05) is 39.9 Å². The number of rotatable bonds is 5. The van der Waals surface area contributed by atoms with Crippen LogP contribution in [0.3, 0.4) is 0 Å². The molecule has 1 amide bonds. The van der Waals surface area contributed by atoms with Gasteiger partial charge < -0.3 is 19.7 Å². The fourth-order valence-electron chi connectivity index (χ4n) is 3.82. The first kappa shape index (κ1) is 19.3. The van der Waals surface area contributed by atoms with Crippen LogP contribution in [0.15, 0.2) is 12.1 Å². The molecule has 2 saturated heterocycles. The highest BCUT2D eigenvalue weighted by molar-refractivity contribution is 6.32. The molecular weight excluding hydrogens is 352 g/mol. The first-order valence-electron chi connectivity index (χ1n) is 9.44. The van der Waals surface area contributed by atoms with E-state index in [2.05, 4.69) is 19.2 Å². The number of piperidine rings is 1. The van der Waals surface area contributed by atoms with E-state index in [0.29, 0.717) is 40.0 Å². The molecule has 1 aromatic rings. The topological polar surface area (TPSA) is 50.8 Å². The van der Waals surface area contributed by atoms with Gasteiger partial charge in [0.25, 0.3) is 5.91 Å². The minimum Gasteiger partial charge on any atom is -0.493 e. The Labute approximate surface area is 161 Å². The Kier molecular flexibility index (Phi) is 5.98. The number of likely N-dealkylation sites (tertiary alicyclic amines) is 1. The Morgan fingerprint density at radius 3 is 2.62 bits per heavy atom. The van der Waals surface area contributed by atoms with Crippen molar-refractivity contribution in [3.05, 3.63) is 22.7 Å². The van der Waals surface area contributed by atoms with Gasteiger partial charge in [-0.1, -0.05) is 25.4 Å². The summed E-state index contributed by atoms with van der Waals surface area (Å²) in [5.41, 5.74) is 0.949. The van der Waals surface area contributed by atoms with Crippen molar-refractivity contribution >= 4 is 17.5 Å². The van der Waals surface area contributed by atoms with E-state index >= 15 is 0 Å². The fourth-order valence-corrected chi connectivity index (χ4v) is 4.09. The van der Waals surface area contributed by atoms with Crippen molar-refractivity contribution < 1.29 is 14.3 Å². The van der Waals surface area contributed by atoms with Crippen LogP contribution in [0.5, 0.6) is 11.5 Å². The highest BCUT2D eigenvalue weighted by Crippen LogP contribution is 2.39. The van der Waals surface area contributed by atoms with Gasteiger partial charge in [0.15, 0.2) is 11.5 Å². The molecule has 0 saturated carbocycles. The average Bonchev–Trinajstić information content (AvgIpc) is 3.08. The first-order chi connectivity index (χ1) is 12.4. The van der Waals surface area contributed by atoms with Crippen molar-refractivity contribution in [2.24, 2.45) is 11.3 Å². The summed E-state index contributed by atoms with van der Waals surface area (Å²) in [5.74, 6) is 1.41. The summed E-state index contributed by atoms with van der Waals surface area (Å²) in [6.07, 6.45) is 3.34. The standard InChI is InChI=1S/C20H29ClN2O3/c1-14(2)12-26-18-16(21)10-15(11-17(18)25-3)19(24)23-8-5-20(6-9-23)4-7-22-13-20/h10-11,14,22H,4-9,12-13H2,1-3H3. The summed E-state index contributed by atoms with van der Waals surface area (Å²) in [4.78, 5) is 14.9. The number of hydrogen-bond acceptors (Lipinski definition) is 4. The van der Waals surface area contributed by atoms with Gasteiger partial charge in [0.05, 0.1) is 18.7 Å². The van der Waals surface area contributed by atoms with Crippen LogP contribution in [-0.4, -0.2) is 50.7 Å². The van der Waals surface area contributed by atoms with Crippen LogP contribution >= 0.6 is 11.6 Å². The van der Waals surface area contributed by atoms with Crippen LogP contribution in [0.2, 0.25) is 5.02 Å². The predicted molar refractivity (Wildman–Crippen MR) is 103 cm³/mol. The molecule has 0 aromatic heterocycles. The third-order valence-electron chi connectivity index (χ3n) is 5.48. The van der Waals surface area contributed by atoms with Crippen LogP contribution in [-0.2, 0) is 0 Å². The van der Waals surface area contributed by atoms with E-state index in [4.69, 9.17) is 21.1 Å². The zero-order valence-electron chi connectivity index (χ0n) is 15.9. The summed E-state index contributed by atoms with van der Waals surface area (Å²) in [6.45, 7) is 8.46. The van der Waals surface area contributed by atoms with Crippen LogP contribution < -0.4 is 14.8 Å². The lowest BCUT2D eigenvalue weighted by Gasteiger charge is -2.39.